The van der Waals surface area contributed by atoms with Gasteiger partial charge < -0.3 is 40.2 Å². The van der Waals surface area contributed by atoms with Gasteiger partial charge in [0.2, 0.25) is 17.7 Å². The number of aliphatic carboxylic acids is 1. The van der Waals surface area contributed by atoms with Crippen molar-refractivity contribution in [2.45, 2.75) is 63.1 Å². The number of carboxylic acid groups (broad SMARTS) is 1. The van der Waals surface area contributed by atoms with Crippen LogP contribution in [0.1, 0.15) is 45.4 Å². The molecule has 0 aromatic carbocycles. The highest BCUT2D eigenvalue weighted by molar-refractivity contribution is 5.93. The van der Waals surface area contributed by atoms with E-state index in [2.05, 4.69) is 16.0 Å². The summed E-state index contributed by atoms with van der Waals surface area (Å²) in [5.74, 6) is -2.07. The molecule has 12 nitrogen and oxygen atoms in total. The number of rotatable bonds is 4. The number of ether oxygens (including phenoxy) is 3. The second-order valence-electron chi connectivity index (χ2n) is 9.93. The van der Waals surface area contributed by atoms with Gasteiger partial charge in [-0.1, -0.05) is 0 Å². The Labute approximate surface area is 223 Å². The monoisotopic (exact) mass is 548 g/mol. The second-order valence-corrected chi connectivity index (χ2v) is 9.93. The number of carbonyl (C=O) groups excluding carboxylic acids is 3. The van der Waals surface area contributed by atoms with E-state index in [0.717, 1.165) is 12.8 Å². The van der Waals surface area contributed by atoms with Gasteiger partial charge >= 0.3 is 5.97 Å². The summed E-state index contributed by atoms with van der Waals surface area (Å²) in [7, 11) is 0. The number of carbonyl (C=O) groups is 4. The van der Waals surface area contributed by atoms with Crippen LogP contribution in [0, 0.1) is 5.92 Å². The fourth-order valence-corrected chi connectivity index (χ4v) is 4.64. The van der Waals surface area contributed by atoms with Crippen molar-refractivity contribution in [3.63, 3.8) is 0 Å². The Kier molecular flexibility index (Phi) is 13.0. The number of nitrogens with one attached hydrogen (secondary N) is 3. The first kappa shape index (κ1) is 31.2. The Morgan fingerprint density at radius 3 is 2.46 bits per heavy atom. The van der Waals surface area contributed by atoms with Gasteiger partial charge in [0.1, 0.15) is 11.6 Å². The van der Waals surface area contributed by atoms with Crippen LogP contribution in [0.2, 0.25) is 0 Å². The van der Waals surface area contributed by atoms with Crippen molar-refractivity contribution in [2.24, 2.45) is 5.92 Å². The van der Waals surface area contributed by atoms with E-state index in [-0.39, 0.29) is 38.1 Å². The minimum absolute atomic E-state index is 0. The van der Waals surface area contributed by atoms with Crippen LogP contribution in [0.5, 0.6) is 0 Å². The number of hydrogen-bond donors (Lipinski definition) is 4. The van der Waals surface area contributed by atoms with Gasteiger partial charge in [-0.25, -0.2) is 4.79 Å². The Bertz CT molecular complexity index is 782. The van der Waals surface area contributed by atoms with Crippen LogP contribution in [0.15, 0.2) is 0 Å². The molecule has 0 aromatic rings. The van der Waals surface area contributed by atoms with Crippen LogP contribution in [-0.4, -0.2) is 111 Å². The molecule has 3 aliphatic heterocycles. The van der Waals surface area contributed by atoms with Crippen molar-refractivity contribution in [3.05, 3.63) is 0 Å². The Morgan fingerprint density at radius 1 is 1.05 bits per heavy atom. The van der Waals surface area contributed by atoms with E-state index in [4.69, 9.17) is 14.2 Å². The van der Waals surface area contributed by atoms with Gasteiger partial charge in [-0.05, 0) is 57.9 Å². The molecule has 3 atom stereocenters. The maximum absolute atomic E-state index is 13.2. The lowest BCUT2D eigenvalue weighted by Gasteiger charge is -2.33. The molecule has 3 saturated heterocycles. The average molecular weight is 549 g/mol. The van der Waals surface area contributed by atoms with E-state index < -0.39 is 35.4 Å². The highest BCUT2D eigenvalue weighted by Gasteiger charge is 2.38. The van der Waals surface area contributed by atoms with Gasteiger partial charge in [-0.3, -0.25) is 14.4 Å². The predicted molar refractivity (Wildman–Crippen MR) is 135 cm³/mol. The molecule has 0 spiro atoms. The molecule has 0 saturated carbocycles. The summed E-state index contributed by atoms with van der Waals surface area (Å²) in [5, 5.41) is 18.0. The molecule has 4 N–H and O–H groups in total. The molecule has 0 radical (unpaired) electrons. The zero-order valence-corrected chi connectivity index (χ0v) is 22.3. The van der Waals surface area contributed by atoms with Gasteiger partial charge in [0.15, 0.2) is 6.04 Å². The first-order valence-corrected chi connectivity index (χ1v) is 12.9. The third-order valence-electron chi connectivity index (χ3n) is 7.02. The topological polar surface area (TPSA) is 156 Å². The zero-order chi connectivity index (χ0) is 26.0. The van der Waals surface area contributed by atoms with E-state index in [0.29, 0.717) is 71.1 Å². The van der Waals surface area contributed by atoms with Crippen LogP contribution in [0.4, 0.5) is 0 Å². The molecule has 0 aromatic heterocycles. The van der Waals surface area contributed by atoms with Crippen LogP contribution in [0.25, 0.3) is 0 Å². The van der Waals surface area contributed by atoms with Crippen LogP contribution < -0.4 is 16.0 Å². The summed E-state index contributed by atoms with van der Waals surface area (Å²) in [4.78, 5) is 51.9. The molecule has 3 heterocycles. The molecule has 3 rings (SSSR count). The van der Waals surface area contributed by atoms with Crippen molar-refractivity contribution in [3.8, 4) is 0 Å². The van der Waals surface area contributed by atoms with Gasteiger partial charge in [0.25, 0.3) is 0 Å². The van der Waals surface area contributed by atoms with Crippen molar-refractivity contribution < 1.29 is 38.5 Å². The molecule has 0 unspecified atom stereocenters. The third-order valence-corrected chi connectivity index (χ3v) is 7.02. The quantitative estimate of drug-likeness (QED) is 0.370. The molecule has 212 valence electrons. The fourth-order valence-electron chi connectivity index (χ4n) is 4.64. The summed E-state index contributed by atoms with van der Waals surface area (Å²) in [5.41, 5.74) is -1.03. The Balaban J connectivity index is 0.00000481. The molecule has 13 heteroatoms. The molecule has 3 amide bonds. The largest absolute Gasteiger partial charge is 0.480 e. The highest BCUT2D eigenvalue weighted by atomic mass is 35.5. The van der Waals surface area contributed by atoms with E-state index in [1.807, 2.05) is 0 Å². The number of nitrogens with zero attached hydrogens (tertiary/aromatic N) is 1. The van der Waals surface area contributed by atoms with E-state index in [9.17, 15) is 24.3 Å². The normalized spacial score (nSPS) is 29.8. The van der Waals surface area contributed by atoms with E-state index in [1.54, 1.807) is 6.92 Å². The van der Waals surface area contributed by atoms with Crippen molar-refractivity contribution in [1.29, 1.82) is 0 Å². The standard InChI is InChI=1S/C24H40N4O8.ClH/c1-24(26-13-17-6-11-34-12-7-17)16-36-10-3-2-9-35-15-18(22(31)32)27-21(30)19-5-4-8-28(19)20(29)14-25-23(24)33;/h17-19,26H,2-16H2,1H3,(H,25,33)(H,27,30)(H,31,32);1H/t18-,19-,24+;/m0./s1. The Morgan fingerprint density at radius 2 is 1.76 bits per heavy atom. The maximum Gasteiger partial charge on any atom is 0.328 e. The first-order chi connectivity index (χ1) is 17.3. The lowest BCUT2D eigenvalue weighted by Crippen LogP contribution is -2.60. The lowest BCUT2D eigenvalue weighted by molar-refractivity contribution is -0.145. The van der Waals surface area contributed by atoms with Crippen molar-refractivity contribution in [1.82, 2.24) is 20.9 Å². The highest BCUT2D eigenvalue weighted by Crippen LogP contribution is 2.19. The molecule has 3 aliphatic rings. The predicted octanol–water partition coefficient (Wildman–Crippen LogP) is -0.313. The SMILES string of the molecule is C[C@@]1(NCC2CCOCC2)COCCCCOC[C@@H](C(=O)O)NC(=O)[C@@H]2CCCN2C(=O)CNC1=O.Cl. The van der Waals surface area contributed by atoms with Crippen LogP contribution in [0.3, 0.4) is 0 Å². The molecule has 37 heavy (non-hydrogen) atoms. The molecular weight excluding hydrogens is 508 g/mol. The molecule has 3 fully saturated rings. The van der Waals surface area contributed by atoms with E-state index >= 15 is 0 Å². The summed E-state index contributed by atoms with van der Waals surface area (Å²) in [6.07, 6.45) is 4.19. The second kappa shape index (κ2) is 15.4. The van der Waals surface area contributed by atoms with Crippen molar-refractivity contribution in [2.75, 3.05) is 59.3 Å². The minimum atomic E-state index is -1.20. The van der Waals surface area contributed by atoms with E-state index in [1.165, 1.54) is 4.90 Å². The molecule has 0 bridgehead atoms. The van der Waals surface area contributed by atoms with Crippen LogP contribution >= 0.6 is 12.4 Å². The van der Waals surface area contributed by atoms with Gasteiger partial charge in [-0.15, -0.1) is 12.4 Å². The molecule has 0 aliphatic carbocycles. The smallest absolute Gasteiger partial charge is 0.328 e. The Hall–Kier alpha value is -1.99. The average Bonchev–Trinajstić information content (AvgIpc) is 3.37. The molecular formula is C24H41ClN4O8. The minimum Gasteiger partial charge on any atom is -0.480 e. The summed E-state index contributed by atoms with van der Waals surface area (Å²) in [6, 6.07) is -1.98. The van der Waals surface area contributed by atoms with Crippen LogP contribution in [-0.2, 0) is 33.4 Å². The lowest BCUT2D eigenvalue weighted by atomic mass is 9.96. The third kappa shape index (κ3) is 9.36. The number of fused-ring (bicyclic) bond motifs is 1. The number of hydrogen-bond acceptors (Lipinski definition) is 8. The fraction of sp³-hybridized carbons (Fsp3) is 0.833. The summed E-state index contributed by atoms with van der Waals surface area (Å²) < 4.78 is 16.7. The summed E-state index contributed by atoms with van der Waals surface area (Å²) >= 11 is 0. The number of amides is 3. The number of carboxylic acids is 1. The van der Waals surface area contributed by atoms with Gasteiger partial charge in [0, 0.05) is 33.0 Å². The number of halogens is 1. The maximum atomic E-state index is 13.2. The first-order valence-electron chi connectivity index (χ1n) is 12.9. The van der Waals surface area contributed by atoms with Gasteiger partial charge in [0.05, 0.1) is 19.8 Å². The van der Waals surface area contributed by atoms with Crippen molar-refractivity contribution >= 4 is 36.1 Å². The van der Waals surface area contributed by atoms with Gasteiger partial charge in [-0.2, -0.15) is 0 Å². The summed E-state index contributed by atoms with van der Waals surface area (Å²) in [6.45, 7) is 4.62. The zero-order valence-electron chi connectivity index (χ0n) is 21.5.